The maximum Gasteiger partial charge on any atom is 0.250 e. The van der Waals surface area contributed by atoms with Gasteiger partial charge in [0.15, 0.2) is 0 Å². The summed E-state index contributed by atoms with van der Waals surface area (Å²) < 4.78 is 12.4. The van der Waals surface area contributed by atoms with Crippen LogP contribution in [-0.4, -0.2) is 64.2 Å². The third-order valence-corrected chi connectivity index (χ3v) is 10.1. The molecule has 3 aromatic carbocycles. The van der Waals surface area contributed by atoms with E-state index in [0.29, 0.717) is 36.6 Å². The van der Waals surface area contributed by atoms with Crippen LogP contribution in [0.3, 0.4) is 0 Å². The van der Waals surface area contributed by atoms with Gasteiger partial charge in [0, 0.05) is 11.4 Å². The topological polar surface area (TPSA) is 117 Å². The van der Waals surface area contributed by atoms with E-state index in [9.17, 15) is 19.5 Å². The highest BCUT2D eigenvalue weighted by Crippen LogP contribution is 2.65. The minimum atomic E-state index is -1.22. The molecule has 238 valence electrons. The van der Waals surface area contributed by atoms with E-state index in [2.05, 4.69) is 10.6 Å². The number of hydrogen-bond acceptors (Lipinski definition) is 6. The van der Waals surface area contributed by atoms with Gasteiger partial charge < -0.3 is 30.1 Å². The van der Waals surface area contributed by atoms with Crippen molar-refractivity contribution < 1.29 is 29.0 Å². The Morgan fingerprint density at radius 3 is 2.36 bits per heavy atom. The van der Waals surface area contributed by atoms with E-state index in [1.54, 1.807) is 24.3 Å². The second kappa shape index (κ2) is 11.8. The first-order chi connectivity index (χ1) is 21.5. The second-order valence-corrected chi connectivity index (χ2v) is 13.4. The fourth-order valence-electron chi connectivity index (χ4n) is 8.09. The number of carbonyl (C=O) groups is 3. The van der Waals surface area contributed by atoms with Gasteiger partial charge in [0.1, 0.15) is 17.4 Å². The molecule has 0 radical (unpaired) electrons. The number of ether oxygens (including phenoxy) is 2. The lowest BCUT2D eigenvalue weighted by Gasteiger charge is -2.37. The minimum Gasteiger partial charge on any atom is -0.494 e. The van der Waals surface area contributed by atoms with Gasteiger partial charge in [-0.15, -0.1) is 0 Å². The number of amides is 3. The zero-order valence-corrected chi connectivity index (χ0v) is 26.6. The lowest BCUT2D eigenvalue weighted by Crippen LogP contribution is -2.56. The molecule has 0 saturated carbocycles. The van der Waals surface area contributed by atoms with Crippen molar-refractivity contribution in [3.05, 3.63) is 66.7 Å². The predicted molar refractivity (Wildman–Crippen MR) is 173 cm³/mol. The Labute approximate surface area is 264 Å². The average Bonchev–Trinajstić information content (AvgIpc) is 3.53. The summed E-state index contributed by atoms with van der Waals surface area (Å²) in [6, 6.07) is 19.1. The molecule has 9 nitrogen and oxygen atoms in total. The summed E-state index contributed by atoms with van der Waals surface area (Å²) in [6.07, 6.45) is 0.944. The maximum atomic E-state index is 14.6. The van der Waals surface area contributed by atoms with Crippen LogP contribution in [0.25, 0.3) is 10.8 Å². The van der Waals surface area contributed by atoms with E-state index in [4.69, 9.17) is 9.47 Å². The number of nitrogens with one attached hydrogen (secondary N) is 2. The molecule has 45 heavy (non-hydrogen) atoms. The van der Waals surface area contributed by atoms with E-state index in [1.807, 2.05) is 77.1 Å². The van der Waals surface area contributed by atoms with Crippen LogP contribution in [0.1, 0.15) is 47.5 Å². The van der Waals surface area contributed by atoms with Crippen LogP contribution in [0.5, 0.6) is 5.75 Å². The van der Waals surface area contributed by atoms with Crippen molar-refractivity contribution >= 4 is 39.9 Å². The fourth-order valence-corrected chi connectivity index (χ4v) is 8.09. The number of anilines is 2. The van der Waals surface area contributed by atoms with Gasteiger partial charge in [-0.2, -0.15) is 0 Å². The Hall–Kier alpha value is -3.95. The van der Waals surface area contributed by atoms with Crippen LogP contribution in [0.4, 0.5) is 11.4 Å². The van der Waals surface area contributed by atoms with Crippen LogP contribution >= 0.6 is 0 Å². The Kier molecular flexibility index (Phi) is 8.12. The van der Waals surface area contributed by atoms with E-state index < -0.39 is 35.1 Å². The van der Waals surface area contributed by atoms with E-state index >= 15 is 0 Å². The number of nitrogens with zero attached hydrogens (tertiary/aromatic N) is 1. The monoisotopic (exact) mass is 613 g/mol. The number of aliphatic hydroxyl groups is 1. The Morgan fingerprint density at radius 1 is 1.02 bits per heavy atom. The highest BCUT2D eigenvalue weighted by atomic mass is 16.5. The van der Waals surface area contributed by atoms with Crippen LogP contribution in [0.15, 0.2) is 66.7 Å². The number of aliphatic hydroxyl groups excluding tert-OH is 1. The highest BCUT2D eigenvalue weighted by molar-refractivity contribution is 6.06. The number of rotatable bonds is 10. The lowest BCUT2D eigenvalue weighted by molar-refractivity contribution is -0.148. The molecule has 9 heteroatoms. The quantitative estimate of drug-likeness (QED) is 0.288. The van der Waals surface area contributed by atoms with E-state index in [-0.39, 0.29) is 36.2 Å². The average molecular weight is 614 g/mol. The second-order valence-electron chi connectivity index (χ2n) is 13.4. The summed E-state index contributed by atoms with van der Waals surface area (Å²) >= 11 is 0. The number of benzene rings is 3. The molecule has 3 fully saturated rings. The first-order valence-corrected chi connectivity index (χ1v) is 16.0. The van der Waals surface area contributed by atoms with Crippen molar-refractivity contribution in [2.45, 2.75) is 70.7 Å². The van der Waals surface area contributed by atoms with Crippen LogP contribution in [0, 0.1) is 23.7 Å². The molecule has 6 rings (SSSR count). The van der Waals surface area contributed by atoms with Gasteiger partial charge in [-0.05, 0) is 85.7 Å². The smallest absolute Gasteiger partial charge is 0.250 e. The van der Waals surface area contributed by atoms with Gasteiger partial charge in [0.05, 0.1) is 36.7 Å². The first kappa shape index (κ1) is 31.0. The first-order valence-electron chi connectivity index (χ1n) is 16.0. The molecule has 3 unspecified atom stereocenters. The highest BCUT2D eigenvalue weighted by Gasteiger charge is 2.80. The van der Waals surface area contributed by atoms with Crippen molar-refractivity contribution in [2.24, 2.45) is 23.7 Å². The van der Waals surface area contributed by atoms with Gasteiger partial charge in [0.2, 0.25) is 17.7 Å². The summed E-state index contributed by atoms with van der Waals surface area (Å²) in [7, 11) is 0. The SMILES string of the molecule is CCOc1ccc(NC(=O)[C@@H]2[C@H]3C(=O)N([C@@H](CO)CC(C)C)C(C(=O)Nc4ccc5ccccc5c4)C34CC(C)[C@@]2(C)O4)cc1. The molecule has 3 heterocycles. The molecule has 3 aliphatic heterocycles. The van der Waals surface area contributed by atoms with Crippen molar-refractivity contribution in [3.8, 4) is 5.75 Å². The summed E-state index contributed by atoms with van der Waals surface area (Å²) in [5.41, 5.74) is -1.00. The zero-order chi connectivity index (χ0) is 32.1. The number of likely N-dealkylation sites (tertiary alicyclic amines) is 1. The molecule has 1 spiro atoms. The van der Waals surface area contributed by atoms with Crippen molar-refractivity contribution in [2.75, 3.05) is 23.8 Å². The minimum absolute atomic E-state index is 0.105. The summed E-state index contributed by atoms with van der Waals surface area (Å²) in [5, 5.41) is 18.7. The van der Waals surface area contributed by atoms with Crippen LogP contribution in [0.2, 0.25) is 0 Å². The van der Waals surface area contributed by atoms with Gasteiger partial charge in [-0.3, -0.25) is 14.4 Å². The number of fused-ring (bicyclic) bond motifs is 2. The van der Waals surface area contributed by atoms with Gasteiger partial charge in [-0.25, -0.2) is 0 Å². The van der Waals surface area contributed by atoms with Gasteiger partial charge >= 0.3 is 0 Å². The molecule has 7 atom stereocenters. The standard InChI is InChI=1S/C36H43N3O6/c1-6-44-28-15-13-25(14-16-28)37-32(41)29-30-34(43)39(27(20-40)17-21(2)3)31(36(30)19-22(4)35(29,5)45-36)33(42)38-26-12-11-23-9-7-8-10-24(23)18-26/h7-16,18,21-22,27,29-31,40H,6,17,19-20H2,1-5H3,(H,37,41)(H,38,42)/t22?,27-,29+,30+,31?,35-,36?/m1/s1. The molecular formula is C36H43N3O6. The number of carbonyl (C=O) groups excluding carboxylic acids is 3. The maximum absolute atomic E-state index is 14.6. The van der Waals surface area contributed by atoms with Crippen molar-refractivity contribution in [3.63, 3.8) is 0 Å². The molecule has 0 aliphatic carbocycles. The van der Waals surface area contributed by atoms with E-state index in [0.717, 1.165) is 10.8 Å². The normalized spacial score (nSPS) is 29.2. The third kappa shape index (κ3) is 5.16. The largest absolute Gasteiger partial charge is 0.494 e. The molecule has 2 bridgehead atoms. The number of hydrogen-bond donors (Lipinski definition) is 3. The molecule has 3 saturated heterocycles. The van der Waals surface area contributed by atoms with E-state index in [1.165, 1.54) is 4.90 Å². The third-order valence-electron chi connectivity index (χ3n) is 10.1. The molecule has 0 aromatic heterocycles. The Morgan fingerprint density at radius 2 is 1.69 bits per heavy atom. The van der Waals surface area contributed by atoms with Crippen LogP contribution in [-0.2, 0) is 19.1 Å². The zero-order valence-electron chi connectivity index (χ0n) is 26.6. The summed E-state index contributed by atoms with van der Waals surface area (Å²) in [6.45, 7) is 10.1. The Bertz CT molecular complexity index is 1610. The van der Waals surface area contributed by atoms with Crippen LogP contribution < -0.4 is 15.4 Å². The predicted octanol–water partition coefficient (Wildman–Crippen LogP) is 5.23. The molecule has 3 amide bonds. The van der Waals surface area contributed by atoms with Crippen molar-refractivity contribution in [1.29, 1.82) is 0 Å². The molecule has 3 aromatic rings. The molecular weight excluding hydrogens is 570 g/mol. The Balaban J connectivity index is 1.37. The summed E-state index contributed by atoms with van der Waals surface area (Å²) in [4.78, 5) is 44.7. The van der Waals surface area contributed by atoms with Crippen molar-refractivity contribution in [1.82, 2.24) is 4.90 Å². The fraction of sp³-hybridized carbons (Fsp3) is 0.472. The lowest BCUT2D eigenvalue weighted by atomic mass is 9.62. The van der Waals surface area contributed by atoms with Gasteiger partial charge in [0.25, 0.3) is 0 Å². The molecule has 3 aliphatic rings. The van der Waals surface area contributed by atoms with Gasteiger partial charge in [-0.1, -0.05) is 51.1 Å². The molecule has 3 N–H and O–H groups in total. The summed E-state index contributed by atoms with van der Waals surface area (Å²) in [5.74, 6) is -2.00.